The minimum Gasteiger partial charge on any atom is -0.280 e. The van der Waals surface area contributed by atoms with E-state index in [1.807, 2.05) is 42.6 Å². The summed E-state index contributed by atoms with van der Waals surface area (Å²) < 4.78 is 30.1. The van der Waals surface area contributed by atoms with Gasteiger partial charge in [0.1, 0.15) is 0 Å². The van der Waals surface area contributed by atoms with Crippen molar-refractivity contribution in [1.29, 1.82) is 0 Å². The molecule has 0 spiro atoms. The minimum absolute atomic E-state index is 0.329. The lowest BCUT2D eigenvalue weighted by molar-refractivity contribution is 0.600. The number of nitrogens with one attached hydrogen (secondary N) is 1. The number of fused-ring (bicyclic) bond motifs is 1. The van der Waals surface area contributed by atoms with Crippen LogP contribution in [0.5, 0.6) is 0 Å². The van der Waals surface area contributed by atoms with Crippen molar-refractivity contribution in [3.63, 3.8) is 0 Å². The molecule has 0 saturated heterocycles. The lowest BCUT2D eigenvalue weighted by Crippen LogP contribution is -2.14. The fraction of sp³-hybridized carbons (Fsp3) is 0.250. The van der Waals surface area contributed by atoms with Gasteiger partial charge < -0.3 is 0 Å². The number of aryl methyl sites for hydroxylation is 2. The highest BCUT2D eigenvalue weighted by Gasteiger charge is 2.18. The summed E-state index contributed by atoms with van der Waals surface area (Å²) in [6.07, 6.45) is 7.91. The quantitative estimate of drug-likeness (QED) is 0.749. The molecule has 6 heteroatoms. The van der Waals surface area contributed by atoms with Crippen LogP contribution < -0.4 is 4.72 Å². The van der Waals surface area contributed by atoms with E-state index in [4.69, 9.17) is 0 Å². The maximum Gasteiger partial charge on any atom is 0.261 e. The first-order chi connectivity index (χ1) is 12.6. The molecule has 0 fully saturated rings. The van der Waals surface area contributed by atoms with Gasteiger partial charge in [0.2, 0.25) is 0 Å². The number of aromatic nitrogens is 2. The van der Waals surface area contributed by atoms with Crippen molar-refractivity contribution in [2.24, 2.45) is 0 Å². The normalized spacial score (nSPS) is 14.0. The van der Waals surface area contributed by atoms with Crippen molar-refractivity contribution >= 4 is 15.7 Å². The fourth-order valence-corrected chi connectivity index (χ4v) is 4.50. The Morgan fingerprint density at radius 1 is 1.00 bits per heavy atom. The Bertz CT molecular complexity index is 1010. The monoisotopic (exact) mass is 367 g/mol. The molecule has 1 heterocycles. The Balaban J connectivity index is 1.56. The van der Waals surface area contributed by atoms with Gasteiger partial charge in [-0.05, 0) is 72.7 Å². The first kappa shape index (κ1) is 16.8. The number of rotatable bonds is 5. The van der Waals surface area contributed by atoms with Crippen LogP contribution in [-0.4, -0.2) is 18.2 Å². The van der Waals surface area contributed by atoms with Crippen LogP contribution >= 0.6 is 0 Å². The molecule has 1 aliphatic rings. The van der Waals surface area contributed by atoms with E-state index in [0.29, 0.717) is 17.1 Å². The first-order valence-electron chi connectivity index (χ1n) is 8.81. The van der Waals surface area contributed by atoms with E-state index < -0.39 is 10.0 Å². The molecule has 0 saturated carbocycles. The van der Waals surface area contributed by atoms with Gasteiger partial charge in [0.25, 0.3) is 10.0 Å². The number of nitrogens with zero attached hydrogens (tertiary/aromatic N) is 2. The third kappa shape index (κ3) is 3.65. The van der Waals surface area contributed by atoms with E-state index in [0.717, 1.165) is 30.4 Å². The summed E-state index contributed by atoms with van der Waals surface area (Å²) in [6.45, 7) is 0.599. The Labute approximate surface area is 153 Å². The molecular formula is C20H21N3O2S. The molecule has 134 valence electrons. The Kier molecular flexibility index (Phi) is 4.51. The largest absolute Gasteiger partial charge is 0.280 e. The number of hydrogen-bond acceptors (Lipinski definition) is 3. The van der Waals surface area contributed by atoms with Crippen LogP contribution in [-0.2, 0) is 29.4 Å². The van der Waals surface area contributed by atoms with Crippen molar-refractivity contribution in [3.8, 4) is 0 Å². The summed E-state index contributed by atoms with van der Waals surface area (Å²) >= 11 is 0. The number of sulfonamides is 1. The van der Waals surface area contributed by atoms with Gasteiger partial charge in [-0.25, -0.2) is 8.42 Å². The van der Waals surface area contributed by atoms with Gasteiger partial charge in [-0.2, -0.15) is 5.10 Å². The van der Waals surface area contributed by atoms with Crippen LogP contribution in [0.2, 0.25) is 0 Å². The Morgan fingerprint density at radius 3 is 2.65 bits per heavy atom. The molecule has 26 heavy (non-hydrogen) atoms. The highest BCUT2D eigenvalue weighted by atomic mass is 32.2. The second kappa shape index (κ2) is 6.96. The van der Waals surface area contributed by atoms with Crippen molar-refractivity contribution in [2.45, 2.75) is 37.1 Å². The third-order valence-electron chi connectivity index (χ3n) is 4.71. The van der Waals surface area contributed by atoms with Gasteiger partial charge >= 0.3 is 0 Å². The predicted octanol–water partition coefficient (Wildman–Crippen LogP) is 3.61. The Hall–Kier alpha value is -2.60. The van der Waals surface area contributed by atoms with E-state index in [-0.39, 0.29) is 0 Å². The second-order valence-corrected chi connectivity index (χ2v) is 8.33. The van der Waals surface area contributed by atoms with Crippen LogP contribution in [0.4, 0.5) is 5.69 Å². The molecule has 0 atom stereocenters. The molecule has 3 aromatic rings. The summed E-state index contributed by atoms with van der Waals surface area (Å²) in [5, 5.41) is 4.18. The van der Waals surface area contributed by atoms with Crippen LogP contribution in [0.3, 0.4) is 0 Å². The summed E-state index contributed by atoms with van der Waals surface area (Å²) in [5.41, 5.74) is 3.98. The van der Waals surface area contributed by atoms with Gasteiger partial charge in [0.15, 0.2) is 0 Å². The molecule has 1 N–H and O–H groups in total. The molecule has 0 aliphatic heterocycles. The van der Waals surface area contributed by atoms with Crippen molar-refractivity contribution in [1.82, 2.24) is 9.78 Å². The van der Waals surface area contributed by atoms with Gasteiger partial charge in [-0.1, -0.05) is 18.2 Å². The van der Waals surface area contributed by atoms with E-state index in [1.165, 1.54) is 12.0 Å². The van der Waals surface area contributed by atoms with Crippen molar-refractivity contribution in [2.75, 3.05) is 4.72 Å². The van der Waals surface area contributed by atoms with Crippen molar-refractivity contribution < 1.29 is 8.42 Å². The molecule has 0 radical (unpaired) electrons. The topological polar surface area (TPSA) is 64.0 Å². The van der Waals surface area contributed by atoms with Crippen LogP contribution in [0.1, 0.15) is 29.5 Å². The van der Waals surface area contributed by atoms with Gasteiger partial charge in [-0.15, -0.1) is 0 Å². The maximum atomic E-state index is 12.8. The maximum absolute atomic E-state index is 12.8. The highest BCUT2D eigenvalue weighted by molar-refractivity contribution is 7.92. The average Bonchev–Trinajstić information content (AvgIpc) is 3.14. The molecule has 0 amide bonds. The Morgan fingerprint density at radius 2 is 1.85 bits per heavy atom. The molecule has 4 rings (SSSR count). The number of hydrogen-bond donors (Lipinski definition) is 1. The second-order valence-electron chi connectivity index (χ2n) is 6.65. The van der Waals surface area contributed by atoms with Gasteiger partial charge in [0.05, 0.1) is 11.4 Å². The van der Waals surface area contributed by atoms with Crippen LogP contribution in [0, 0.1) is 0 Å². The fourth-order valence-electron chi connectivity index (χ4n) is 3.41. The summed E-state index contributed by atoms with van der Waals surface area (Å²) in [6, 6.07) is 14.8. The summed E-state index contributed by atoms with van der Waals surface area (Å²) in [7, 11) is -3.60. The molecule has 1 aromatic heterocycles. The molecule has 5 nitrogen and oxygen atoms in total. The summed E-state index contributed by atoms with van der Waals surface area (Å²) in [4.78, 5) is 0.329. The van der Waals surface area contributed by atoms with Gasteiger partial charge in [-0.3, -0.25) is 9.40 Å². The van der Waals surface area contributed by atoms with E-state index in [9.17, 15) is 8.42 Å². The molecule has 0 unspecified atom stereocenters. The standard InChI is InChI=1S/C20H21N3O2S/c24-26(25,20-10-9-17-6-1-2-7-18(17)14-20)22-19-8-3-5-16(13-19)15-23-12-4-11-21-23/h3-5,8-14,22H,1-2,6-7,15H2. The van der Waals surface area contributed by atoms with Crippen molar-refractivity contribution in [3.05, 3.63) is 77.6 Å². The smallest absolute Gasteiger partial charge is 0.261 e. The predicted molar refractivity (Wildman–Crippen MR) is 102 cm³/mol. The first-order valence-corrected chi connectivity index (χ1v) is 10.3. The van der Waals surface area contributed by atoms with Crippen LogP contribution in [0.15, 0.2) is 65.8 Å². The highest BCUT2D eigenvalue weighted by Crippen LogP contribution is 2.25. The zero-order chi connectivity index (χ0) is 18.0. The van der Waals surface area contributed by atoms with E-state index in [1.54, 1.807) is 23.0 Å². The van der Waals surface area contributed by atoms with E-state index in [2.05, 4.69) is 9.82 Å². The minimum atomic E-state index is -3.60. The zero-order valence-corrected chi connectivity index (χ0v) is 15.2. The summed E-state index contributed by atoms with van der Waals surface area (Å²) in [5.74, 6) is 0. The third-order valence-corrected chi connectivity index (χ3v) is 6.09. The molecule has 1 aliphatic carbocycles. The molecule has 2 aromatic carbocycles. The average molecular weight is 367 g/mol. The van der Waals surface area contributed by atoms with E-state index >= 15 is 0 Å². The SMILES string of the molecule is O=S(=O)(Nc1cccc(Cn2cccn2)c1)c1ccc2c(c1)CCCC2. The number of benzene rings is 2. The van der Waals surface area contributed by atoms with Crippen LogP contribution in [0.25, 0.3) is 0 Å². The number of anilines is 1. The lowest BCUT2D eigenvalue weighted by atomic mass is 9.92. The van der Waals surface area contributed by atoms with Gasteiger partial charge in [0, 0.05) is 18.1 Å². The zero-order valence-electron chi connectivity index (χ0n) is 14.4. The lowest BCUT2D eigenvalue weighted by Gasteiger charge is -2.17. The molecule has 0 bridgehead atoms. The molecular weight excluding hydrogens is 346 g/mol.